The number of allylic oxidation sites excluding steroid dienone is 5. The quantitative estimate of drug-likeness (QED) is 0.358. The number of ether oxygens (including phenoxy) is 1. The molecule has 0 aliphatic carbocycles. The van der Waals surface area contributed by atoms with Crippen LogP contribution in [0.15, 0.2) is 48.6 Å². The van der Waals surface area contributed by atoms with Crippen molar-refractivity contribution in [2.75, 3.05) is 0 Å². The third-order valence-corrected chi connectivity index (χ3v) is 4.45. The molecule has 0 aromatic rings. The first-order chi connectivity index (χ1) is 13.4. The molecule has 1 rings (SSSR count). The Morgan fingerprint density at radius 2 is 1.75 bits per heavy atom. The van der Waals surface area contributed by atoms with Crippen molar-refractivity contribution in [1.29, 1.82) is 0 Å². The van der Waals surface area contributed by atoms with E-state index < -0.39 is 36.5 Å². The van der Waals surface area contributed by atoms with E-state index in [0.29, 0.717) is 6.42 Å². The number of aliphatic hydroxyl groups excluding tert-OH is 3. The molecule has 6 heteroatoms. The smallest absolute Gasteiger partial charge is 0.303 e. The van der Waals surface area contributed by atoms with Crippen molar-refractivity contribution in [2.24, 2.45) is 0 Å². The summed E-state index contributed by atoms with van der Waals surface area (Å²) < 4.78 is 5.59. The van der Waals surface area contributed by atoms with Gasteiger partial charge in [0.1, 0.15) is 6.10 Å². The van der Waals surface area contributed by atoms with Crippen LogP contribution in [0.3, 0.4) is 0 Å². The summed E-state index contributed by atoms with van der Waals surface area (Å²) in [5.41, 5.74) is 0. The number of rotatable bonds is 13. The molecule has 0 spiro atoms. The molecule has 0 radical (unpaired) electrons. The zero-order valence-electron chi connectivity index (χ0n) is 16.6. The lowest BCUT2D eigenvalue weighted by molar-refractivity contribution is -0.138. The first-order valence-electron chi connectivity index (χ1n) is 9.98. The van der Waals surface area contributed by atoms with Crippen LogP contribution in [0.25, 0.3) is 0 Å². The molecule has 1 saturated heterocycles. The highest BCUT2D eigenvalue weighted by atomic mass is 16.5. The predicted octanol–water partition coefficient (Wildman–Crippen LogP) is 2.90. The molecule has 158 valence electrons. The van der Waals surface area contributed by atoms with Gasteiger partial charge in [0, 0.05) is 12.8 Å². The first-order valence-corrected chi connectivity index (χ1v) is 9.98. The monoisotopic (exact) mass is 394 g/mol. The van der Waals surface area contributed by atoms with Crippen molar-refractivity contribution in [3.8, 4) is 0 Å². The normalized spacial score (nSPS) is 25.5. The number of carboxylic acids is 1. The number of hydrogen-bond donors (Lipinski definition) is 4. The van der Waals surface area contributed by atoms with Crippen LogP contribution >= 0.6 is 0 Å². The Hall–Kier alpha value is -1.73. The van der Waals surface area contributed by atoms with E-state index in [1.165, 1.54) is 0 Å². The van der Waals surface area contributed by atoms with Crippen molar-refractivity contribution in [3.63, 3.8) is 0 Å². The van der Waals surface area contributed by atoms with Crippen LogP contribution in [0.1, 0.15) is 51.9 Å². The van der Waals surface area contributed by atoms with Gasteiger partial charge < -0.3 is 25.2 Å². The third-order valence-electron chi connectivity index (χ3n) is 4.45. The summed E-state index contributed by atoms with van der Waals surface area (Å²) in [7, 11) is 0. The number of aliphatic carboxylic acids is 1. The fourth-order valence-electron chi connectivity index (χ4n) is 2.86. The van der Waals surface area contributed by atoms with E-state index in [4.69, 9.17) is 9.84 Å². The maximum absolute atomic E-state index is 10.6. The van der Waals surface area contributed by atoms with Gasteiger partial charge in [-0.1, -0.05) is 55.5 Å². The average Bonchev–Trinajstić information content (AvgIpc) is 3.04. The van der Waals surface area contributed by atoms with E-state index >= 15 is 0 Å². The van der Waals surface area contributed by atoms with Gasteiger partial charge in [-0.2, -0.15) is 0 Å². The van der Waals surface area contributed by atoms with Crippen LogP contribution in [-0.4, -0.2) is 56.9 Å². The number of carbonyl (C=O) groups is 1. The zero-order chi connectivity index (χ0) is 20.8. The highest BCUT2D eigenvalue weighted by molar-refractivity contribution is 5.66. The second-order valence-corrected chi connectivity index (χ2v) is 6.92. The number of carboxylic acid groups (broad SMARTS) is 1. The molecule has 28 heavy (non-hydrogen) atoms. The maximum atomic E-state index is 10.6. The fraction of sp³-hybridized carbons (Fsp3) is 0.591. The Kier molecular flexibility index (Phi) is 12.4. The first kappa shape index (κ1) is 24.3. The molecule has 6 nitrogen and oxygen atoms in total. The lowest BCUT2D eigenvalue weighted by atomic mass is 10.0. The second-order valence-electron chi connectivity index (χ2n) is 6.92. The topological polar surface area (TPSA) is 107 Å². The third kappa shape index (κ3) is 10.6. The minimum Gasteiger partial charge on any atom is -0.481 e. The van der Waals surface area contributed by atoms with Crippen LogP contribution in [0.2, 0.25) is 0 Å². The molecule has 0 saturated carbocycles. The van der Waals surface area contributed by atoms with Gasteiger partial charge in [0.05, 0.1) is 24.4 Å². The Balaban J connectivity index is 2.29. The van der Waals surface area contributed by atoms with Gasteiger partial charge in [0.15, 0.2) is 0 Å². The lowest BCUT2D eigenvalue weighted by Gasteiger charge is -2.17. The van der Waals surface area contributed by atoms with Crippen LogP contribution < -0.4 is 0 Å². The molecular weight excluding hydrogens is 360 g/mol. The minimum absolute atomic E-state index is 0.0832. The molecule has 0 bridgehead atoms. The molecule has 1 aliphatic rings. The number of aliphatic hydroxyl groups is 3. The average molecular weight is 395 g/mol. The van der Waals surface area contributed by atoms with E-state index in [-0.39, 0.29) is 19.3 Å². The summed E-state index contributed by atoms with van der Waals surface area (Å²) in [5.74, 6) is -0.978. The molecule has 0 aromatic carbocycles. The maximum Gasteiger partial charge on any atom is 0.303 e. The van der Waals surface area contributed by atoms with Crippen LogP contribution in [0, 0.1) is 0 Å². The fourth-order valence-corrected chi connectivity index (χ4v) is 2.86. The standard InChI is InChI=1S/C22H34O6/c1-2-3-4-5-6-7-8-9-10-11-17(23)12-14-20-19(25)16-21(28-20)18(24)13-15-22(26)27/h3-4,6-7,9-10,12,14,17-21,23-25H,2,5,8,11,13,15-16H2,1H3,(H,26,27)/b4-3-,7-6-,10-9-,14-12+/t17-,18+,19+,20-,21+/m0/s1. The van der Waals surface area contributed by atoms with Gasteiger partial charge in [-0.3, -0.25) is 4.79 Å². The molecule has 1 aliphatic heterocycles. The molecule has 0 aromatic heterocycles. The van der Waals surface area contributed by atoms with Gasteiger partial charge in [0.25, 0.3) is 0 Å². The zero-order valence-corrected chi connectivity index (χ0v) is 16.6. The van der Waals surface area contributed by atoms with Crippen LogP contribution in [0.5, 0.6) is 0 Å². The van der Waals surface area contributed by atoms with E-state index in [1.807, 2.05) is 12.2 Å². The van der Waals surface area contributed by atoms with Crippen molar-refractivity contribution in [1.82, 2.24) is 0 Å². The van der Waals surface area contributed by atoms with Crippen molar-refractivity contribution < 1.29 is 30.0 Å². The van der Waals surface area contributed by atoms with Gasteiger partial charge in [-0.25, -0.2) is 0 Å². The highest BCUT2D eigenvalue weighted by Gasteiger charge is 2.36. The molecule has 1 heterocycles. The number of hydrogen-bond acceptors (Lipinski definition) is 5. The Morgan fingerprint density at radius 3 is 2.39 bits per heavy atom. The Morgan fingerprint density at radius 1 is 1.11 bits per heavy atom. The predicted molar refractivity (Wildman–Crippen MR) is 109 cm³/mol. The summed E-state index contributed by atoms with van der Waals surface area (Å²) in [6.07, 6.45) is 15.4. The van der Waals surface area contributed by atoms with Crippen molar-refractivity contribution >= 4 is 5.97 Å². The van der Waals surface area contributed by atoms with E-state index in [1.54, 1.807) is 12.2 Å². The summed E-state index contributed by atoms with van der Waals surface area (Å²) >= 11 is 0. The molecule has 5 atom stereocenters. The van der Waals surface area contributed by atoms with Gasteiger partial charge in [-0.05, 0) is 32.1 Å². The Bertz CT molecular complexity index is 551. The summed E-state index contributed by atoms with van der Waals surface area (Å²) in [5, 5.41) is 38.7. The van der Waals surface area contributed by atoms with Crippen molar-refractivity contribution in [2.45, 2.75) is 82.4 Å². The van der Waals surface area contributed by atoms with Crippen LogP contribution in [0.4, 0.5) is 0 Å². The summed E-state index contributed by atoms with van der Waals surface area (Å²) in [4.78, 5) is 10.6. The molecule has 4 N–H and O–H groups in total. The highest BCUT2D eigenvalue weighted by Crippen LogP contribution is 2.25. The molecular formula is C22H34O6. The van der Waals surface area contributed by atoms with Gasteiger partial charge in [-0.15, -0.1) is 0 Å². The van der Waals surface area contributed by atoms with Crippen molar-refractivity contribution in [3.05, 3.63) is 48.6 Å². The van der Waals surface area contributed by atoms with Gasteiger partial charge in [0.2, 0.25) is 0 Å². The van der Waals surface area contributed by atoms with Gasteiger partial charge >= 0.3 is 5.97 Å². The lowest BCUT2D eigenvalue weighted by Crippen LogP contribution is -2.26. The minimum atomic E-state index is -0.978. The van der Waals surface area contributed by atoms with E-state index in [9.17, 15) is 20.1 Å². The van der Waals surface area contributed by atoms with E-state index in [0.717, 1.165) is 19.3 Å². The summed E-state index contributed by atoms with van der Waals surface area (Å²) in [6, 6.07) is 0. The molecule has 0 unspecified atom stereocenters. The molecule has 0 amide bonds. The van der Waals surface area contributed by atoms with E-state index in [2.05, 4.69) is 31.2 Å². The second kappa shape index (κ2) is 14.3. The summed E-state index contributed by atoms with van der Waals surface area (Å²) in [6.45, 7) is 2.10. The van der Waals surface area contributed by atoms with Crippen LogP contribution in [-0.2, 0) is 9.53 Å². The Labute approximate surface area is 167 Å². The largest absolute Gasteiger partial charge is 0.481 e. The molecule has 1 fully saturated rings. The SMILES string of the molecule is CC/C=C\C/C=C\C/C=C\C[C@H](O)/C=C/[C@@H]1O[C@@H]([C@H](O)CCC(=O)O)C[C@H]1O.